The van der Waals surface area contributed by atoms with Gasteiger partial charge in [-0.1, -0.05) is 42.0 Å². The van der Waals surface area contributed by atoms with E-state index in [1.165, 1.54) is 17.7 Å². The Morgan fingerprint density at radius 3 is 2.26 bits per heavy atom. The van der Waals surface area contributed by atoms with Crippen LogP contribution in [0.5, 0.6) is 0 Å². The van der Waals surface area contributed by atoms with Gasteiger partial charge in [-0.05, 0) is 37.1 Å². The summed E-state index contributed by atoms with van der Waals surface area (Å²) in [5.41, 5.74) is 2.42. The van der Waals surface area contributed by atoms with Gasteiger partial charge in [0.2, 0.25) is 0 Å². The zero-order valence-corrected chi connectivity index (χ0v) is 11.4. The van der Waals surface area contributed by atoms with Crippen LogP contribution in [0.3, 0.4) is 0 Å². The number of hydrogen-bond donors (Lipinski definition) is 1. The molecule has 1 unspecified atom stereocenters. The molecule has 0 saturated carbocycles. The number of halogens is 1. The molecular weight excluding hydrogens is 239 g/mol. The number of rotatable bonds is 4. The topological polar surface area (TPSA) is 20.2 Å². The molecule has 100 valence electrons. The largest absolute Gasteiger partial charge is 0.389 e. The fourth-order valence-corrected chi connectivity index (χ4v) is 2.37. The zero-order chi connectivity index (χ0) is 13.9. The van der Waals surface area contributed by atoms with E-state index in [9.17, 15) is 9.50 Å². The van der Waals surface area contributed by atoms with E-state index in [2.05, 4.69) is 6.07 Å². The van der Waals surface area contributed by atoms with Gasteiger partial charge in [0.05, 0.1) is 5.60 Å². The lowest BCUT2D eigenvalue weighted by Gasteiger charge is -2.23. The Bertz CT molecular complexity index is 543. The second-order valence-corrected chi connectivity index (χ2v) is 5.47. The van der Waals surface area contributed by atoms with Crippen molar-refractivity contribution in [3.8, 4) is 0 Å². The molecule has 1 atom stereocenters. The van der Waals surface area contributed by atoms with E-state index in [4.69, 9.17) is 0 Å². The van der Waals surface area contributed by atoms with Gasteiger partial charge in [-0.15, -0.1) is 0 Å². The third-order valence-electron chi connectivity index (χ3n) is 3.17. The number of aryl methyl sites for hydroxylation is 1. The van der Waals surface area contributed by atoms with Gasteiger partial charge in [0.15, 0.2) is 0 Å². The van der Waals surface area contributed by atoms with Crippen molar-refractivity contribution >= 4 is 0 Å². The third kappa shape index (κ3) is 4.18. The Labute approximate surface area is 113 Å². The van der Waals surface area contributed by atoms with Crippen LogP contribution in [0.4, 0.5) is 4.39 Å². The van der Waals surface area contributed by atoms with Crippen LogP contribution < -0.4 is 0 Å². The monoisotopic (exact) mass is 258 g/mol. The molecule has 0 aliphatic rings. The minimum Gasteiger partial charge on any atom is -0.389 e. The summed E-state index contributed by atoms with van der Waals surface area (Å²) in [6, 6.07) is 14.4. The highest BCUT2D eigenvalue weighted by atomic mass is 19.1. The van der Waals surface area contributed by atoms with Gasteiger partial charge in [-0.2, -0.15) is 0 Å². The van der Waals surface area contributed by atoms with Gasteiger partial charge in [-0.25, -0.2) is 4.39 Å². The molecule has 0 radical (unpaired) electrons. The molecule has 1 N–H and O–H groups in total. The molecule has 2 aromatic rings. The van der Waals surface area contributed by atoms with E-state index in [0.717, 1.165) is 11.1 Å². The normalized spacial score (nSPS) is 14.1. The molecule has 19 heavy (non-hydrogen) atoms. The van der Waals surface area contributed by atoms with Gasteiger partial charge < -0.3 is 5.11 Å². The molecule has 0 fully saturated rings. The summed E-state index contributed by atoms with van der Waals surface area (Å²) in [5, 5.41) is 10.5. The summed E-state index contributed by atoms with van der Waals surface area (Å²) in [7, 11) is 0. The molecule has 0 bridgehead atoms. The Hall–Kier alpha value is -1.67. The molecule has 2 aromatic carbocycles. The van der Waals surface area contributed by atoms with Crippen LogP contribution in [-0.2, 0) is 12.8 Å². The fraction of sp³-hybridized carbons (Fsp3) is 0.294. The molecule has 0 spiro atoms. The van der Waals surface area contributed by atoms with Crippen LogP contribution in [0.2, 0.25) is 0 Å². The fourth-order valence-electron chi connectivity index (χ4n) is 2.37. The number of aliphatic hydroxyl groups is 1. The molecule has 0 aliphatic carbocycles. The highest BCUT2D eigenvalue weighted by Gasteiger charge is 2.21. The average molecular weight is 258 g/mol. The average Bonchev–Trinajstić information content (AvgIpc) is 2.31. The Balaban J connectivity index is 2.07. The second-order valence-electron chi connectivity index (χ2n) is 5.47. The second kappa shape index (κ2) is 5.54. The molecular formula is C17H19FO. The van der Waals surface area contributed by atoms with Crippen molar-refractivity contribution in [2.24, 2.45) is 0 Å². The van der Waals surface area contributed by atoms with Crippen molar-refractivity contribution in [3.63, 3.8) is 0 Å². The van der Waals surface area contributed by atoms with Crippen LogP contribution in [0, 0.1) is 12.7 Å². The van der Waals surface area contributed by atoms with E-state index >= 15 is 0 Å². The first-order valence-electron chi connectivity index (χ1n) is 6.47. The van der Waals surface area contributed by atoms with Crippen molar-refractivity contribution in [1.82, 2.24) is 0 Å². The number of benzene rings is 2. The molecule has 2 rings (SSSR count). The highest BCUT2D eigenvalue weighted by molar-refractivity contribution is 5.25. The van der Waals surface area contributed by atoms with Gasteiger partial charge in [-0.3, -0.25) is 0 Å². The molecule has 0 heterocycles. The summed E-state index contributed by atoms with van der Waals surface area (Å²) >= 11 is 0. The van der Waals surface area contributed by atoms with E-state index in [1.54, 1.807) is 12.1 Å². The maximum Gasteiger partial charge on any atom is 0.123 e. The summed E-state index contributed by atoms with van der Waals surface area (Å²) in [6.45, 7) is 3.86. The Kier molecular flexibility index (Phi) is 4.01. The minimum atomic E-state index is -0.828. The summed E-state index contributed by atoms with van der Waals surface area (Å²) in [4.78, 5) is 0. The predicted octanol–water partition coefficient (Wildman–Crippen LogP) is 3.67. The maximum absolute atomic E-state index is 12.8. The SMILES string of the molecule is Cc1cccc(CC(C)(O)Cc2ccc(F)cc2)c1. The van der Waals surface area contributed by atoms with Gasteiger partial charge in [0.25, 0.3) is 0 Å². The van der Waals surface area contributed by atoms with Gasteiger partial charge >= 0.3 is 0 Å². The lowest BCUT2D eigenvalue weighted by Crippen LogP contribution is -2.30. The van der Waals surface area contributed by atoms with E-state index in [0.29, 0.717) is 12.8 Å². The first-order chi connectivity index (χ1) is 8.94. The van der Waals surface area contributed by atoms with Crippen LogP contribution in [0.1, 0.15) is 23.6 Å². The molecule has 1 nitrogen and oxygen atoms in total. The van der Waals surface area contributed by atoms with E-state index < -0.39 is 5.60 Å². The quantitative estimate of drug-likeness (QED) is 0.887. The molecule has 0 aromatic heterocycles. The predicted molar refractivity (Wildman–Crippen MR) is 75.6 cm³/mol. The molecule has 0 aliphatic heterocycles. The van der Waals surface area contributed by atoms with Gasteiger partial charge in [0.1, 0.15) is 5.82 Å². The van der Waals surface area contributed by atoms with E-state index in [1.807, 2.05) is 32.0 Å². The van der Waals surface area contributed by atoms with Crippen molar-refractivity contribution < 1.29 is 9.50 Å². The highest BCUT2D eigenvalue weighted by Crippen LogP contribution is 2.19. The van der Waals surface area contributed by atoms with Crippen molar-refractivity contribution in [3.05, 3.63) is 71.0 Å². The number of hydrogen-bond acceptors (Lipinski definition) is 1. The summed E-state index contributed by atoms with van der Waals surface area (Å²) in [6.07, 6.45) is 1.10. The lowest BCUT2D eigenvalue weighted by atomic mass is 9.89. The van der Waals surface area contributed by atoms with Crippen LogP contribution >= 0.6 is 0 Å². The molecule has 2 heteroatoms. The molecule has 0 saturated heterocycles. The Morgan fingerprint density at radius 2 is 1.63 bits per heavy atom. The standard InChI is InChI=1S/C17H19FO/c1-13-4-3-5-15(10-13)12-17(2,19)11-14-6-8-16(18)9-7-14/h3-10,19H,11-12H2,1-2H3. The lowest BCUT2D eigenvalue weighted by molar-refractivity contribution is 0.0608. The first kappa shape index (κ1) is 13.8. The summed E-state index contributed by atoms with van der Waals surface area (Å²) in [5.74, 6) is -0.248. The smallest absolute Gasteiger partial charge is 0.123 e. The van der Waals surface area contributed by atoms with Crippen LogP contribution in [-0.4, -0.2) is 10.7 Å². The molecule has 0 amide bonds. The van der Waals surface area contributed by atoms with Gasteiger partial charge in [0, 0.05) is 12.8 Å². The summed E-state index contributed by atoms with van der Waals surface area (Å²) < 4.78 is 12.8. The first-order valence-corrected chi connectivity index (χ1v) is 6.47. The van der Waals surface area contributed by atoms with Crippen molar-refractivity contribution in [2.75, 3.05) is 0 Å². The minimum absolute atomic E-state index is 0.248. The maximum atomic E-state index is 12.8. The van der Waals surface area contributed by atoms with Crippen molar-refractivity contribution in [1.29, 1.82) is 0 Å². The van der Waals surface area contributed by atoms with E-state index in [-0.39, 0.29) is 5.82 Å². The van der Waals surface area contributed by atoms with Crippen LogP contribution in [0.25, 0.3) is 0 Å². The van der Waals surface area contributed by atoms with Crippen molar-refractivity contribution in [2.45, 2.75) is 32.3 Å². The van der Waals surface area contributed by atoms with Crippen LogP contribution in [0.15, 0.2) is 48.5 Å². The Morgan fingerprint density at radius 1 is 1.00 bits per heavy atom. The third-order valence-corrected chi connectivity index (χ3v) is 3.17. The zero-order valence-electron chi connectivity index (χ0n) is 11.4.